The lowest BCUT2D eigenvalue weighted by Gasteiger charge is -2.17. The van der Waals surface area contributed by atoms with Gasteiger partial charge in [0.2, 0.25) is 11.8 Å². The van der Waals surface area contributed by atoms with Gasteiger partial charge in [0, 0.05) is 5.69 Å². The smallest absolute Gasteiger partial charge is 0.408 e. The fourth-order valence-electron chi connectivity index (χ4n) is 4.43. The standard InChI is InChI=1S/C33H26F4N4O4S/c1-19(38-33(44)45-18-20-6-3-2-4-7-20)30(42)39-24-12-10-22(11-13-24)29-31(43)41(17-21-14-26(35)28(37)27(36)15-21)32(46-29)40-25-9-5-8-23(34)16-25/h2-16,19,29H,17-18H2,1H3,(H,38,44)(H,39,42)/t19-,29?/m0/s1. The van der Waals surface area contributed by atoms with Crippen LogP contribution in [-0.2, 0) is 27.5 Å². The third-order valence-electron chi connectivity index (χ3n) is 6.78. The van der Waals surface area contributed by atoms with Crippen LogP contribution in [0, 0.1) is 23.3 Å². The van der Waals surface area contributed by atoms with E-state index < -0.39 is 52.5 Å². The number of nitrogens with one attached hydrogen (secondary N) is 2. The Kier molecular flexibility index (Phi) is 10.0. The van der Waals surface area contributed by atoms with Gasteiger partial charge >= 0.3 is 6.09 Å². The fourth-order valence-corrected chi connectivity index (χ4v) is 5.61. The summed E-state index contributed by atoms with van der Waals surface area (Å²) in [6.45, 7) is 1.22. The third-order valence-corrected chi connectivity index (χ3v) is 8.02. The summed E-state index contributed by atoms with van der Waals surface area (Å²) >= 11 is 1.04. The van der Waals surface area contributed by atoms with Crippen molar-refractivity contribution in [3.63, 3.8) is 0 Å². The van der Waals surface area contributed by atoms with Crippen LogP contribution < -0.4 is 10.6 Å². The first-order valence-corrected chi connectivity index (χ1v) is 14.8. The molecule has 13 heteroatoms. The van der Waals surface area contributed by atoms with Crippen molar-refractivity contribution in [3.8, 4) is 0 Å². The summed E-state index contributed by atoms with van der Waals surface area (Å²) in [5, 5.41) is 4.45. The number of hydrogen-bond donors (Lipinski definition) is 2. The van der Waals surface area contributed by atoms with E-state index in [1.54, 1.807) is 36.4 Å². The minimum absolute atomic E-state index is 0.0114. The number of nitrogens with zero attached hydrogens (tertiary/aromatic N) is 2. The Morgan fingerprint density at radius 2 is 1.61 bits per heavy atom. The highest BCUT2D eigenvalue weighted by Crippen LogP contribution is 2.41. The molecule has 1 saturated heterocycles. The highest BCUT2D eigenvalue weighted by atomic mass is 32.2. The molecular formula is C33H26F4N4O4S. The molecule has 1 aliphatic heterocycles. The number of rotatable bonds is 9. The van der Waals surface area contributed by atoms with Gasteiger partial charge in [0.1, 0.15) is 23.7 Å². The lowest BCUT2D eigenvalue weighted by atomic mass is 10.1. The molecule has 0 bridgehead atoms. The molecule has 236 valence electrons. The van der Waals surface area contributed by atoms with Crippen LogP contribution in [0.2, 0.25) is 0 Å². The highest BCUT2D eigenvalue weighted by Gasteiger charge is 2.39. The van der Waals surface area contributed by atoms with Crippen molar-refractivity contribution in [2.75, 3.05) is 5.32 Å². The van der Waals surface area contributed by atoms with E-state index in [0.29, 0.717) is 11.3 Å². The topological polar surface area (TPSA) is 100 Å². The molecule has 4 aromatic carbocycles. The summed E-state index contributed by atoms with van der Waals surface area (Å²) in [5.74, 6) is -5.97. The number of ether oxygens (including phenoxy) is 1. The number of carbonyl (C=O) groups is 3. The molecule has 1 heterocycles. The van der Waals surface area contributed by atoms with Gasteiger partial charge in [-0.25, -0.2) is 27.3 Å². The van der Waals surface area contributed by atoms with Crippen LogP contribution >= 0.6 is 11.8 Å². The number of carbonyl (C=O) groups excluding carboxylic acids is 3. The first-order valence-electron chi connectivity index (χ1n) is 13.9. The van der Waals surface area contributed by atoms with Crippen molar-refractivity contribution in [2.24, 2.45) is 4.99 Å². The van der Waals surface area contributed by atoms with Gasteiger partial charge in [-0.1, -0.05) is 60.3 Å². The summed E-state index contributed by atoms with van der Waals surface area (Å²) in [6.07, 6.45) is -0.759. The molecule has 1 unspecified atom stereocenters. The number of alkyl carbamates (subject to hydrolysis) is 1. The van der Waals surface area contributed by atoms with Gasteiger partial charge in [-0.15, -0.1) is 0 Å². The summed E-state index contributed by atoms with van der Waals surface area (Å²) in [4.78, 5) is 44.0. The molecule has 0 aromatic heterocycles. The maximum Gasteiger partial charge on any atom is 0.408 e. The molecule has 2 atom stereocenters. The van der Waals surface area contributed by atoms with Crippen LogP contribution in [0.4, 0.5) is 33.7 Å². The molecule has 3 amide bonds. The fraction of sp³-hybridized carbons (Fsp3) is 0.152. The molecule has 0 radical (unpaired) electrons. The predicted molar refractivity (Wildman–Crippen MR) is 165 cm³/mol. The van der Waals surface area contributed by atoms with Crippen LogP contribution in [0.1, 0.15) is 28.9 Å². The number of aliphatic imine (C=N–C) groups is 1. The van der Waals surface area contributed by atoms with E-state index >= 15 is 0 Å². The molecule has 4 aromatic rings. The van der Waals surface area contributed by atoms with Crippen LogP contribution in [0.5, 0.6) is 0 Å². The Morgan fingerprint density at radius 3 is 2.28 bits per heavy atom. The Balaban J connectivity index is 1.27. The average molecular weight is 651 g/mol. The lowest BCUT2D eigenvalue weighted by molar-refractivity contribution is -0.126. The van der Waals surface area contributed by atoms with E-state index in [1.165, 1.54) is 30.0 Å². The molecule has 8 nitrogen and oxygen atoms in total. The molecule has 5 rings (SSSR count). The van der Waals surface area contributed by atoms with Crippen molar-refractivity contribution in [1.82, 2.24) is 10.2 Å². The predicted octanol–water partition coefficient (Wildman–Crippen LogP) is 7.00. The maximum absolute atomic E-state index is 13.9. The van der Waals surface area contributed by atoms with Gasteiger partial charge in [-0.2, -0.15) is 0 Å². The second-order valence-electron chi connectivity index (χ2n) is 10.2. The summed E-state index contributed by atoms with van der Waals surface area (Å²) in [7, 11) is 0. The van der Waals surface area contributed by atoms with Crippen molar-refractivity contribution >= 4 is 46.2 Å². The number of amides is 3. The molecule has 2 N–H and O–H groups in total. The largest absolute Gasteiger partial charge is 0.445 e. The van der Waals surface area contributed by atoms with Gasteiger partial charge in [0.25, 0.3) is 0 Å². The van der Waals surface area contributed by atoms with Gasteiger partial charge in [-0.05, 0) is 66.1 Å². The zero-order chi connectivity index (χ0) is 32.8. The summed E-state index contributed by atoms with van der Waals surface area (Å²) in [6, 6.07) is 21.4. The SMILES string of the molecule is C[C@H](NC(=O)OCc1ccccc1)C(=O)Nc1ccc(C2SC(=Nc3cccc(F)c3)N(Cc3cc(F)c(F)c(F)c3)C2=O)cc1. The molecule has 1 aliphatic rings. The lowest BCUT2D eigenvalue weighted by Crippen LogP contribution is -2.41. The maximum atomic E-state index is 13.9. The zero-order valence-electron chi connectivity index (χ0n) is 24.2. The van der Waals surface area contributed by atoms with Crippen LogP contribution in [0.15, 0.2) is 96.0 Å². The Morgan fingerprint density at radius 1 is 0.913 bits per heavy atom. The first kappa shape index (κ1) is 32.2. The summed E-state index contributed by atoms with van der Waals surface area (Å²) in [5.41, 5.74) is 1.90. The number of anilines is 1. The number of halogens is 4. The normalized spacial score (nSPS) is 15.9. The van der Waals surface area contributed by atoms with Crippen molar-refractivity contribution in [1.29, 1.82) is 0 Å². The quantitative estimate of drug-likeness (QED) is 0.150. The van der Waals surface area contributed by atoms with E-state index in [9.17, 15) is 31.9 Å². The van der Waals surface area contributed by atoms with Crippen molar-refractivity contribution in [2.45, 2.75) is 31.4 Å². The van der Waals surface area contributed by atoms with Gasteiger partial charge < -0.3 is 15.4 Å². The Labute approximate surface area is 265 Å². The van der Waals surface area contributed by atoms with Crippen molar-refractivity contribution in [3.05, 3.63) is 131 Å². The van der Waals surface area contributed by atoms with E-state index in [2.05, 4.69) is 15.6 Å². The van der Waals surface area contributed by atoms with Crippen LogP contribution in [0.3, 0.4) is 0 Å². The molecule has 0 aliphatic carbocycles. The number of hydrogen-bond acceptors (Lipinski definition) is 6. The molecule has 0 spiro atoms. The highest BCUT2D eigenvalue weighted by molar-refractivity contribution is 8.15. The molecular weight excluding hydrogens is 624 g/mol. The van der Waals surface area contributed by atoms with Crippen molar-refractivity contribution < 1.29 is 36.7 Å². The van der Waals surface area contributed by atoms with Gasteiger partial charge in [0.05, 0.1) is 12.2 Å². The minimum Gasteiger partial charge on any atom is -0.445 e. The average Bonchev–Trinajstić information content (AvgIpc) is 3.33. The number of amidine groups is 1. The zero-order valence-corrected chi connectivity index (χ0v) is 25.0. The minimum atomic E-state index is -1.63. The molecule has 46 heavy (non-hydrogen) atoms. The van der Waals surface area contributed by atoms with E-state index in [0.717, 1.165) is 35.5 Å². The van der Waals surface area contributed by atoms with Crippen LogP contribution in [-0.4, -0.2) is 34.0 Å². The van der Waals surface area contributed by atoms with Gasteiger partial charge in [0.15, 0.2) is 22.6 Å². The van der Waals surface area contributed by atoms with Crippen LogP contribution in [0.25, 0.3) is 0 Å². The first-order chi connectivity index (χ1) is 22.1. The van der Waals surface area contributed by atoms with E-state index in [1.807, 2.05) is 18.2 Å². The Hall–Kier alpha value is -5.17. The molecule has 1 fully saturated rings. The Bertz CT molecular complexity index is 1770. The third kappa shape index (κ3) is 7.91. The summed E-state index contributed by atoms with van der Waals surface area (Å²) < 4.78 is 60.4. The number of benzene rings is 4. The van der Waals surface area contributed by atoms with E-state index in [4.69, 9.17) is 4.74 Å². The van der Waals surface area contributed by atoms with Gasteiger partial charge in [-0.3, -0.25) is 14.5 Å². The second kappa shape index (κ2) is 14.3. The molecule has 0 saturated carbocycles. The monoisotopic (exact) mass is 650 g/mol. The number of thioether (sulfide) groups is 1. The second-order valence-corrected chi connectivity index (χ2v) is 11.3. The van der Waals surface area contributed by atoms with E-state index in [-0.39, 0.29) is 29.6 Å².